The smallest absolute Gasteiger partial charge is 0.271 e. The van der Waals surface area contributed by atoms with Gasteiger partial charge in [0.15, 0.2) is 17.3 Å². The van der Waals surface area contributed by atoms with Crippen LogP contribution >= 0.6 is 11.8 Å². The minimum absolute atomic E-state index is 0.111. The fourth-order valence-corrected chi connectivity index (χ4v) is 5.51. The van der Waals surface area contributed by atoms with Crippen molar-refractivity contribution in [3.05, 3.63) is 33.6 Å². The third-order valence-electron chi connectivity index (χ3n) is 5.77. The highest BCUT2D eigenvalue weighted by Gasteiger charge is 2.36. The van der Waals surface area contributed by atoms with Gasteiger partial charge in [0, 0.05) is 6.61 Å². The van der Waals surface area contributed by atoms with Crippen LogP contribution in [0.25, 0.3) is 0 Å². The van der Waals surface area contributed by atoms with E-state index >= 15 is 0 Å². The van der Waals surface area contributed by atoms with E-state index in [1.165, 1.54) is 0 Å². The topological polar surface area (TPSA) is 87.1 Å². The number of nitrogens with zero attached hydrogens (tertiary/aromatic N) is 2. The lowest BCUT2D eigenvalue weighted by molar-refractivity contribution is -0.0705. The molecule has 2 atom stereocenters. The van der Waals surface area contributed by atoms with Crippen molar-refractivity contribution in [3.63, 3.8) is 0 Å². The number of ether oxygens (including phenoxy) is 4. The van der Waals surface area contributed by atoms with Gasteiger partial charge in [-0.05, 0) is 51.3 Å². The van der Waals surface area contributed by atoms with E-state index in [9.17, 15) is 4.79 Å². The Kier molecular flexibility index (Phi) is 4.62. The van der Waals surface area contributed by atoms with Crippen molar-refractivity contribution in [3.8, 4) is 17.2 Å². The Hall–Kier alpha value is -2.39. The molecular weight excluding hydrogens is 406 g/mol. The molecule has 0 spiro atoms. The Morgan fingerprint density at radius 1 is 1.33 bits per heavy atom. The number of H-pyrrole nitrogens is 1. The molecule has 30 heavy (non-hydrogen) atoms. The Balaban J connectivity index is 1.60. The molecule has 1 fully saturated rings. The van der Waals surface area contributed by atoms with E-state index in [2.05, 4.69) is 18.9 Å². The molecule has 0 saturated carbocycles. The minimum atomic E-state index is -0.233. The van der Waals surface area contributed by atoms with E-state index < -0.39 is 0 Å². The van der Waals surface area contributed by atoms with Crippen molar-refractivity contribution in [2.24, 2.45) is 4.99 Å². The number of aromatic nitrogens is 2. The zero-order valence-corrected chi connectivity index (χ0v) is 18.3. The number of methoxy groups -OCH3 is 1. The second kappa shape index (κ2) is 7.09. The Bertz CT molecular complexity index is 1090. The summed E-state index contributed by atoms with van der Waals surface area (Å²) in [6.45, 7) is 6.96. The molecule has 0 amide bonds. The number of hydrogen-bond donors (Lipinski definition) is 1. The number of benzene rings is 1. The maximum absolute atomic E-state index is 13.1. The summed E-state index contributed by atoms with van der Waals surface area (Å²) in [5.74, 6) is 2.54. The summed E-state index contributed by atoms with van der Waals surface area (Å²) in [7, 11) is 1.60. The van der Waals surface area contributed by atoms with E-state index in [0.717, 1.165) is 23.4 Å². The standard InChI is InChI=1S/C21H25N3O5S/c1-11-22-19-16(20(25)23-24(19)13-5-6-29-21(2,3)9-13)18(30-11)12-7-14(26-4)17-15(8-12)27-10-28-17/h7-8,13,18H,5-6,9-10H2,1-4H3,(H,23,25)/t13-,18-/m1/s1. The molecule has 0 unspecified atom stereocenters. The van der Waals surface area contributed by atoms with Crippen LogP contribution < -0.4 is 19.8 Å². The minimum Gasteiger partial charge on any atom is -0.493 e. The predicted molar refractivity (Wildman–Crippen MR) is 115 cm³/mol. The number of aromatic amines is 1. The molecule has 1 N–H and O–H groups in total. The fraction of sp³-hybridized carbons (Fsp3) is 0.524. The summed E-state index contributed by atoms with van der Waals surface area (Å²) in [4.78, 5) is 17.9. The molecule has 160 valence electrons. The molecule has 5 rings (SSSR count). The molecule has 9 heteroatoms. The van der Waals surface area contributed by atoms with E-state index in [1.807, 2.05) is 23.7 Å². The van der Waals surface area contributed by atoms with Crippen molar-refractivity contribution in [2.45, 2.75) is 50.5 Å². The van der Waals surface area contributed by atoms with Crippen molar-refractivity contribution >= 4 is 22.6 Å². The van der Waals surface area contributed by atoms with E-state index in [0.29, 0.717) is 35.2 Å². The van der Waals surface area contributed by atoms with Crippen molar-refractivity contribution in [1.82, 2.24) is 9.78 Å². The van der Waals surface area contributed by atoms with Gasteiger partial charge < -0.3 is 18.9 Å². The zero-order valence-electron chi connectivity index (χ0n) is 17.5. The molecule has 3 aliphatic rings. The molecule has 1 aromatic carbocycles. The highest BCUT2D eigenvalue weighted by molar-refractivity contribution is 8.14. The molecule has 1 aromatic heterocycles. The number of rotatable bonds is 3. The van der Waals surface area contributed by atoms with Crippen molar-refractivity contribution in [1.29, 1.82) is 0 Å². The quantitative estimate of drug-likeness (QED) is 0.792. The van der Waals surface area contributed by atoms with Crippen LogP contribution in [0.15, 0.2) is 21.9 Å². The molecule has 3 aliphatic heterocycles. The first-order valence-corrected chi connectivity index (χ1v) is 10.9. The van der Waals surface area contributed by atoms with Gasteiger partial charge in [-0.15, -0.1) is 0 Å². The first-order valence-electron chi connectivity index (χ1n) is 10.0. The summed E-state index contributed by atoms with van der Waals surface area (Å²) >= 11 is 1.56. The SMILES string of the molecule is COc1cc([C@H]2SC(C)=Nc3c2c(=O)[nH]n3[C@@H]2CCOC(C)(C)C2)cc2c1OCO2. The van der Waals surface area contributed by atoms with E-state index in [1.54, 1.807) is 18.9 Å². The maximum atomic E-state index is 13.1. The van der Waals surface area contributed by atoms with Gasteiger partial charge in [-0.25, -0.2) is 4.99 Å². The van der Waals surface area contributed by atoms with Crippen LogP contribution in [0.1, 0.15) is 56.0 Å². The van der Waals surface area contributed by atoms with E-state index in [4.69, 9.17) is 23.9 Å². The first-order chi connectivity index (χ1) is 14.4. The van der Waals surface area contributed by atoms with Gasteiger partial charge in [0.05, 0.1) is 34.6 Å². The van der Waals surface area contributed by atoms with Crippen LogP contribution in [0.2, 0.25) is 0 Å². The van der Waals surface area contributed by atoms with Crippen LogP contribution in [-0.4, -0.2) is 40.9 Å². The lowest BCUT2D eigenvalue weighted by Crippen LogP contribution is -2.35. The Labute approximate surface area is 178 Å². The highest BCUT2D eigenvalue weighted by Crippen LogP contribution is 2.50. The van der Waals surface area contributed by atoms with Gasteiger partial charge in [0.2, 0.25) is 12.5 Å². The largest absolute Gasteiger partial charge is 0.493 e. The summed E-state index contributed by atoms with van der Waals surface area (Å²) < 4.78 is 24.4. The van der Waals surface area contributed by atoms with Gasteiger partial charge in [-0.1, -0.05) is 11.8 Å². The lowest BCUT2D eigenvalue weighted by atomic mass is 9.94. The van der Waals surface area contributed by atoms with Gasteiger partial charge in [-0.2, -0.15) is 0 Å². The van der Waals surface area contributed by atoms with Crippen molar-refractivity contribution in [2.75, 3.05) is 20.5 Å². The molecule has 1 saturated heterocycles. The molecular formula is C21H25N3O5S. The van der Waals surface area contributed by atoms with Gasteiger partial charge in [0.1, 0.15) is 0 Å². The monoisotopic (exact) mass is 431 g/mol. The number of aliphatic imine (C=N–C) groups is 1. The third-order valence-corrected chi connectivity index (χ3v) is 6.95. The summed E-state index contributed by atoms with van der Waals surface area (Å²) in [5, 5.41) is 3.76. The highest BCUT2D eigenvalue weighted by atomic mass is 32.2. The molecule has 0 aliphatic carbocycles. The van der Waals surface area contributed by atoms with Gasteiger partial charge in [0.25, 0.3) is 5.56 Å². The predicted octanol–water partition coefficient (Wildman–Crippen LogP) is 3.93. The molecule has 4 heterocycles. The second-order valence-corrected chi connectivity index (χ2v) is 9.69. The van der Waals surface area contributed by atoms with Gasteiger partial charge in [-0.3, -0.25) is 14.6 Å². The second-order valence-electron chi connectivity index (χ2n) is 8.39. The average molecular weight is 432 g/mol. The van der Waals surface area contributed by atoms with Crippen molar-refractivity contribution < 1.29 is 18.9 Å². The summed E-state index contributed by atoms with van der Waals surface area (Å²) in [6, 6.07) is 3.98. The molecule has 2 aromatic rings. The lowest BCUT2D eigenvalue weighted by Gasteiger charge is -2.36. The van der Waals surface area contributed by atoms with Crippen LogP contribution in [0.4, 0.5) is 5.82 Å². The summed E-state index contributed by atoms with van der Waals surface area (Å²) in [6.07, 6.45) is 1.65. The van der Waals surface area contributed by atoms with Crippen LogP contribution in [0.3, 0.4) is 0 Å². The Morgan fingerprint density at radius 3 is 2.93 bits per heavy atom. The Morgan fingerprint density at radius 2 is 2.17 bits per heavy atom. The van der Waals surface area contributed by atoms with Crippen LogP contribution in [-0.2, 0) is 4.74 Å². The normalized spacial score (nSPS) is 24.3. The van der Waals surface area contributed by atoms with E-state index in [-0.39, 0.29) is 29.2 Å². The maximum Gasteiger partial charge on any atom is 0.271 e. The zero-order chi connectivity index (χ0) is 21.0. The number of hydrogen-bond acceptors (Lipinski definition) is 7. The summed E-state index contributed by atoms with van der Waals surface area (Å²) in [5.41, 5.74) is 1.24. The number of nitrogens with one attached hydrogen (secondary N) is 1. The van der Waals surface area contributed by atoms with Crippen LogP contribution in [0.5, 0.6) is 17.2 Å². The first kappa shape index (κ1) is 19.6. The average Bonchev–Trinajstić information content (AvgIpc) is 3.30. The van der Waals surface area contributed by atoms with Crippen LogP contribution in [0, 0.1) is 0 Å². The molecule has 0 bridgehead atoms. The number of thioether (sulfide) groups is 1. The third kappa shape index (κ3) is 3.20. The number of fused-ring (bicyclic) bond motifs is 2. The molecule has 0 radical (unpaired) electrons. The van der Waals surface area contributed by atoms with Gasteiger partial charge >= 0.3 is 0 Å². The fourth-order valence-electron chi connectivity index (χ4n) is 4.43. The molecule has 8 nitrogen and oxygen atoms in total.